The smallest absolute Gasteiger partial charge is 0.335 e. The number of hydrogen-bond donors (Lipinski definition) is 4. The quantitative estimate of drug-likeness (QED) is 0.518. The number of benzene rings is 2. The van der Waals surface area contributed by atoms with Crippen LogP contribution in [0.2, 0.25) is 0 Å². The minimum absolute atomic E-state index is 0.165. The maximum atomic E-state index is 10.5. The van der Waals surface area contributed by atoms with E-state index in [4.69, 9.17) is 39.4 Å². The number of aliphatic hydroxyl groups excluding tert-OH is 2. The van der Waals surface area contributed by atoms with E-state index in [9.17, 15) is 9.59 Å². The van der Waals surface area contributed by atoms with Gasteiger partial charge in [-0.15, -0.1) is 0 Å². The van der Waals surface area contributed by atoms with Crippen LogP contribution in [0.1, 0.15) is 46.4 Å². The molecular weight excluding hydrogens is 448 g/mol. The molecule has 2 aliphatic heterocycles. The summed E-state index contributed by atoms with van der Waals surface area (Å²) in [6.07, 6.45) is 4.65. The van der Waals surface area contributed by atoms with Crippen LogP contribution in [-0.2, 0) is 0 Å². The number of ether oxygens (including phenoxy) is 4. The lowest BCUT2D eigenvalue weighted by Gasteiger charge is -2.28. The van der Waals surface area contributed by atoms with Gasteiger partial charge in [-0.05, 0) is 61.1 Å². The first kappa shape index (κ1) is 25.1. The van der Waals surface area contributed by atoms with Crippen LogP contribution in [0.3, 0.4) is 0 Å². The van der Waals surface area contributed by atoms with E-state index in [0.29, 0.717) is 34.8 Å². The highest BCUT2D eigenvalue weighted by Crippen LogP contribution is 2.33. The first-order valence-corrected chi connectivity index (χ1v) is 10.9. The third-order valence-corrected chi connectivity index (χ3v) is 5.77. The van der Waals surface area contributed by atoms with E-state index in [1.807, 2.05) is 0 Å². The first-order valence-electron chi connectivity index (χ1n) is 10.9. The van der Waals surface area contributed by atoms with Gasteiger partial charge in [0, 0.05) is 13.2 Å². The molecule has 0 amide bonds. The van der Waals surface area contributed by atoms with Gasteiger partial charge in [0.25, 0.3) is 0 Å². The summed E-state index contributed by atoms with van der Waals surface area (Å²) in [5.41, 5.74) is 0.415. The molecule has 10 nitrogen and oxygen atoms in total. The molecule has 0 aromatic heterocycles. The van der Waals surface area contributed by atoms with E-state index in [-0.39, 0.29) is 37.9 Å². The Labute approximate surface area is 196 Å². The van der Waals surface area contributed by atoms with Crippen molar-refractivity contribution in [3.63, 3.8) is 0 Å². The Kier molecular flexibility index (Phi) is 8.94. The van der Waals surface area contributed by atoms with Crippen LogP contribution >= 0.6 is 0 Å². The predicted molar refractivity (Wildman–Crippen MR) is 119 cm³/mol. The average molecular weight is 476 g/mol. The molecule has 0 bridgehead atoms. The molecule has 2 aromatic rings. The highest BCUT2D eigenvalue weighted by atomic mass is 16.7. The van der Waals surface area contributed by atoms with Crippen molar-refractivity contribution in [1.29, 1.82) is 0 Å². The molecule has 1 aliphatic carbocycles. The van der Waals surface area contributed by atoms with Crippen molar-refractivity contribution in [2.75, 3.05) is 26.8 Å². The molecule has 10 heteroatoms. The number of aromatic carboxylic acids is 2. The van der Waals surface area contributed by atoms with Crippen molar-refractivity contribution in [3.8, 4) is 23.0 Å². The molecule has 0 saturated heterocycles. The topological polar surface area (TPSA) is 152 Å². The molecule has 184 valence electrons. The minimum Gasteiger partial charge on any atom is -0.478 e. The molecule has 1 saturated carbocycles. The van der Waals surface area contributed by atoms with E-state index >= 15 is 0 Å². The van der Waals surface area contributed by atoms with E-state index in [1.54, 1.807) is 12.1 Å². The van der Waals surface area contributed by atoms with E-state index < -0.39 is 11.9 Å². The van der Waals surface area contributed by atoms with Crippen molar-refractivity contribution in [3.05, 3.63) is 47.5 Å². The van der Waals surface area contributed by atoms with Crippen molar-refractivity contribution >= 4 is 11.9 Å². The molecule has 2 atom stereocenters. The number of aliphatic hydroxyl groups is 2. The summed E-state index contributed by atoms with van der Waals surface area (Å²) in [4.78, 5) is 21.0. The zero-order valence-corrected chi connectivity index (χ0v) is 18.5. The summed E-state index contributed by atoms with van der Waals surface area (Å²) in [7, 11) is 0. The van der Waals surface area contributed by atoms with Gasteiger partial charge in [0.2, 0.25) is 13.6 Å². The standard InChI is InChI=1S/2C8H6O4.C8H16O2/c2*9-8(10)5-1-2-6-7(3-5)12-4-11-6;9-5-7-3-1-2-4-8(7)6-10/h2*1-3H,4H2,(H,9,10);7-10H,1-6H2. The van der Waals surface area contributed by atoms with Gasteiger partial charge in [-0.2, -0.15) is 0 Å². The van der Waals surface area contributed by atoms with Gasteiger partial charge in [0.05, 0.1) is 11.1 Å². The summed E-state index contributed by atoms with van der Waals surface area (Å²) < 4.78 is 20.0. The molecule has 2 aromatic carbocycles. The number of carbonyl (C=O) groups is 2. The third-order valence-electron chi connectivity index (χ3n) is 5.77. The van der Waals surface area contributed by atoms with E-state index in [0.717, 1.165) is 12.8 Å². The Hall–Kier alpha value is -3.50. The number of carboxylic acids is 2. The van der Waals surface area contributed by atoms with Gasteiger partial charge in [0.15, 0.2) is 23.0 Å². The van der Waals surface area contributed by atoms with E-state index in [2.05, 4.69) is 0 Å². The fraction of sp³-hybridized carbons (Fsp3) is 0.417. The summed E-state index contributed by atoms with van der Waals surface area (Å²) in [6, 6.07) is 9.04. The van der Waals surface area contributed by atoms with Crippen molar-refractivity contribution in [2.45, 2.75) is 25.7 Å². The van der Waals surface area contributed by atoms with Crippen LogP contribution in [0.25, 0.3) is 0 Å². The molecule has 2 unspecified atom stereocenters. The second-order valence-electron chi connectivity index (χ2n) is 7.92. The number of hydrogen-bond acceptors (Lipinski definition) is 8. The summed E-state index contributed by atoms with van der Waals surface area (Å²) in [5, 5.41) is 35.0. The van der Waals surface area contributed by atoms with E-state index in [1.165, 1.54) is 37.1 Å². The fourth-order valence-corrected chi connectivity index (χ4v) is 3.82. The number of carboxylic acid groups (broad SMARTS) is 2. The summed E-state index contributed by atoms with van der Waals surface area (Å²) in [6.45, 7) is 0.841. The highest BCUT2D eigenvalue weighted by Gasteiger charge is 2.23. The van der Waals surface area contributed by atoms with Crippen LogP contribution in [0.4, 0.5) is 0 Å². The van der Waals surface area contributed by atoms with Crippen LogP contribution in [0.15, 0.2) is 36.4 Å². The average Bonchev–Trinajstić information content (AvgIpc) is 3.53. The molecule has 2 heterocycles. The second-order valence-corrected chi connectivity index (χ2v) is 7.92. The van der Waals surface area contributed by atoms with Gasteiger partial charge in [-0.3, -0.25) is 0 Å². The molecule has 0 spiro atoms. The normalized spacial score (nSPS) is 19.2. The fourth-order valence-electron chi connectivity index (χ4n) is 3.82. The van der Waals surface area contributed by atoms with Gasteiger partial charge in [0.1, 0.15) is 0 Å². The maximum absolute atomic E-state index is 10.5. The lowest BCUT2D eigenvalue weighted by atomic mass is 9.80. The molecule has 5 rings (SSSR count). The van der Waals surface area contributed by atoms with Crippen LogP contribution < -0.4 is 18.9 Å². The van der Waals surface area contributed by atoms with Crippen LogP contribution in [-0.4, -0.2) is 59.2 Å². The molecule has 1 fully saturated rings. The molecule has 34 heavy (non-hydrogen) atoms. The summed E-state index contributed by atoms with van der Waals surface area (Å²) in [5.74, 6) is 1.00. The number of fused-ring (bicyclic) bond motifs is 2. The highest BCUT2D eigenvalue weighted by molar-refractivity contribution is 5.89. The minimum atomic E-state index is -0.965. The van der Waals surface area contributed by atoms with Gasteiger partial charge in [-0.25, -0.2) is 9.59 Å². The maximum Gasteiger partial charge on any atom is 0.335 e. The van der Waals surface area contributed by atoms with Crippen molar-refractivity contribution in [1.82, 2.24) is 0 Å². The monoisotopic (exact) mass is 476 g/mol. The van der Waals surface area contributed by atoms with Crippen molar-refractivity contribution in [2.24, 2.45) is 11.8 Å². The van der Waals surface area contributed by atoms with Crippen LogP contribution in [0.5, 0.6) is 23.0 Å². The lowest BCUT2D eigenvalue weighted by molar-refractivity contribution is 0.0685. The Balaban J connectivity index is 0.000000144. The van der Waals surface area contributed by atoms with Crippen LogP contribution in [0, 0.1) is 11.8 Å². The Morgan fingerprint density at radius 2 is 1.06 bits per heavy atom. The lowest BCUT2D eigenvalue weighted by Crippen LogP contribution is -2.25. The predicted octanol–water partition coefficient (Wildman–Crippen LogP) is 3.00. The SMILES string of the molecule is O=C(O)c1ccc2c(c1)OCO2.O=C(O)c1ccc2c(c1)OCO2.OCC1CCCCC1CO. The third kappa shape index (κ3) is 6.52. The number of rotatable bonds is 4. The van der Waals surface area contributed by atoms with Gasteiger partial charge >= 0.3 is 11.9 Å². The molecule has 3 aliphatic rings. The Bertz CT molecular complexity index is 910. The van der Waals surface area contributed by atoms with Gasteiger partial charge < -0.3 is 39.4 Å². The second kappa shape index (κ2) is 12.1. The zero-order chi connectivity index (χ0) is 24.5. The van der Waals surface area contributed by atoms with Crippen molar-refractivity contribution < 1.29 is 49.0 Å². The summed E-state index contributed by atoms with van der Waals surface area (Å²) >= 11 is 0. The largest absolute Gasteiger partial charge is 0.478 e. The zero-order valence-electron chi connectivity index (χ0n) is 18.5. The van der Waals surface area contributed by atoms with Gasteiger partial charge in [-0.1, -0.05) is 12.8 Å². The molecule has 0 radical (unpaired) electrons. The first-order chi connectivity index (χ1) is 16.4. The molecule has 4 N–H and O–H groups in total. The molecular formula is C24H28O10. The Morgan fingerprint density at radius 1 is 0.676 bits per heavy atom. The Morgan fingerprint density at radius 3 is 1.41 bits per heavy atom.